The van der Waals surface area contributed by atoms with Crippen LogP contribution in [0.15, 0.2) is 36.4 Å². The summed E-state index contributed by atoms with van der Waals surface area (Å²) in [6, 6.07) is 8.15. The van der Waals surface area contributed by atoms with Crippen molar-refractivity contribution in [3.05, 3.63) is 69.8 Å². The van der Waals surface area contributed by atoms with Crippen molar-refractivity contribution in [1.82, 2.24) is 0 Å². The highest BCUT2D eigenvalue weighted by Gasteiger charge is 2.30. The Morgan fingerprint density at radius 3 is 1.32 bits per heavy atom. The molecule has 0 atom stereocenters. The van der Waals surface area contributed by atoms with Gasteiger partial charge in [0.2, 0.25) is 11.8 Å². The second-order valence-corrected chi connectivity index (χ2v) is 4.91. The second kappa shape index (κ2) is 4.63. The van der Waals surface area contributed by atoms with Crippen molar-refractivity contribution in [3.63, 3.8) is 0 Å². The number of hydrogen-bond donors (Lipinski definition) is 2. The first-order valence-electron chi connectivity index (χ1n) is 6.37. The molecule has 0 unspecified atom stereocenters. The van der Waals surface area contributed by atoms with E-state index in [9.17, 15) is 19.2 Å². The number of rotatable bonds is 2. The lowest BCUT2D eigenvalue weighted by atomic mass is 9.82. The molecule has 108 valence electrons. The zero-order valence-corrected chi connectivity index (χ0v) is 11.3. The zero-order chi connectivity index (χ0) is 16.0. The summed E-state index contributed by atoms with van der Waals surface area (Å²) in [5.74, 6) is -2.16. The molecule has 2 aromatic carbocycles. The van der Waals surface area contributed by atoms with Gasteiger partial charge in [-0.05, 0) is 36.4 Å². The lowest BCUT2D eigenvalue weighted by Gasteiger charge is -2.18. The van der Waals surface area contributed by atoms with Crippen molar-refractivity contribution in [3.8, 4) is 0 Å². The average Bonchev–Trinajstić information content (AvgIpc) is 2.51. The van der Waals surface area contributed by atoms with E-state index in [2.05, 4.69) is 0 Å². The molecule has 6 nitrogen and oxygen atoms in total. The summed E-state index contributed by atoms with van der Waals surface area (Å²) in [7, 11) is 0. The Hall–Kier alpha value is -3.28. The smallest absolute Gasteiger partial charge is 0.248 e. The van der Waals surface area contributed by atoms with E-state index in [1.54, 1.807) is 0 Å². The first kappa shape index (κ1) is 13.7. The highest BCUT2D eigenvalue weighted by atomic mass is 16.2. The number of carbonyl (C=O) groups excluding carboxylic acids is 4. The maximum Gasteiger partial charge on any atom is 0.248 e. The van der Waals surface area contributed by atoms with Gasteiger partial charge in [-0.15, -0.1) is 0 Å². The molecule has 3 rings (SSSR count). The molecule has 0 saturated heterocycles. The number of benzene rings is 2. The van der Waals surface area contributed by atoms with Crippen molar-refractivity contribution >= 4 is 23.4 Å². The van der Waals surface area contributed by atoms with Crippen LogP contribution in [0.4, 0.5) is 0 Å². The van der Waals surface area contributed by atoms with E-state index in [1.807, 2.05) is 0 Å². The van der Waals surface area contributed by atoms with E-state index < -0.39 is 23.4 Å². The summed E-state index contributed by atoms with van der Waals surface area (Å²) in [4.78, 5) is 47.4. The largest absolute Gasteiger partial charge is 0.366 e. The molecule has 0 aromatic heterocycles. The molecular weight excluding hydrogens is 284 g/mol. The minimum atomic E-state index is -0.682. The number of primary amides is 2. The molecule has 22 heavy (non-hydrogen) atoms. The SMILES string of the molecule is NC(=O)c1ccc2c(c1)C(=O)c1ccc(C(N)=O)cc1C2=O. The Balaban J connectivity index is 2.22. The van der Waals surface area contributed by atoms with Gasteiger partial charge in [0.15, 0.2) is 11.6 Å². The minimum Gasteiger partial charge on any atom is -0.366 e. The molecule has 0 radical (unpaired) electrons. The van der Waals surface area contributed by atoms with Gasteiger partial charge in [-0.1, -0.05) is 0 Å². The van der Waals surface area contributed by atoms with E-state index in [4.69, 9.17) is 11.5 Å². The van der Waals surface area contributed by atoms with Crippen molar-refractivity contribution in [1.29, 1.82) is 0 Å². The highest BCUT2D eigenvalue weighted by Crippen LogP contribution is 2.28. The van der Waals surface area contributed by atoms with Crippen molar-refractivity contribution in [2.24, 2.45) is 11.5 Å². The fraction of sp³-hybridized carbons (Fsp3) is 0. The molecule has 0 bridgehead atoms. The monoisotopic (exact) mass is 294 g/mol. The molecule has 2 aromatic rings. The fourth-order valence-corrected chi connectivity index (χ4v) is 2.46. The predicted octanol–water partition coefficient (Wildman–Crippen LogP) is 0.660. The van der Waals surface area contributed by atoms with Gasteiger partial charge >= 0.3 is 0 Å². The van der Waals surface area contributed by atoms with Gasteiger partial charge in [-0.3, -0.25) is 19.2 Å². The van der Waals surface area contributed by atoms with Gasteiger partial charge in [-0.25, -0.2) is 0 Å². The third kappa shape index (κ3) is 1.89. The maximum absolute atomic E-state index is 12.5. The van der Waals surface area contributed by atoms with Crippen LogP contribution in [0.3, 0.4) is 0 Å². The molecular formula is C16H10N2O4. The number of ketones is 2. The van der Waals surface area contributed by atoms with Crippen LogP contribution in [-0.2, 0) is 0 Å². The topological polar surface area (TPSA) is 120 Å². The summed E-state index contributed by atoms with van der Waals surface area (Å²) >= 11 is 0. The average molecular weight is 294 g/mol. The summed E-state index contributed by atoms with van der Waals surface area (Å²) in [6.07, 6.45) is 0. The number of fused-ring (bicyclic) bond motifs is 2. The van der Waals surface area contributed by atoms with Crippen LogP contribution >= 0.6 is 0 Å². The van der Waals surface area contributed by atoms with Crippen molar-refractivity contribution < 1.29 is 19.2 Å². The zero-order valence-electron chi connectivity index (χ0n) is 11.3. The van der Waals surface area contributed by atoms with E-state index in [-0.39, 0.29) is 33.4 Å². The van der Waals surface area contributed by atoms with Gasteiger partial charge < -0.3 is 11.5 Å². The molecule has 6 heteroatoms. The highest BCUT2D eigenvalue weighted by molar-refractivity contribution is 6.29. The molecule has 0 fully saturated rings. The standard InChI is InChI=1S/C16H10N2O4/c17-15(21)7-1-3-9-11(5-7)14(20)10-4-2-8(16(18)22)6-12(10)13(9)19/h1-6H,(H2,17,21)(H2,18,22). The minimum absolute atomic E-state index is 0.126. The van der Waals surface area contributed by atoms with Crippen LogP contribution < -0.4 is 11.5 Å². The van der Waals surface area contributed by atoms with Crippen LogP contribution in [0, 0.1) is 0 Å². The summed E-state index contributed by atoms with van der Waals surface area (Å²) in [6.45, 7) is 0. The van der Waals surface area contributed by atoms with Crippen LogP contribution in [0.5, 0.6) is 0 Å². The number of nitrogens with two attached hydrogens (primary N) is 2. The number of amides is 2. The van der Waals surface area contributed by atoms with Gasteiger partial charge in [0.1, 0.15) is 0 Å². The molecule has 0 heterocycles. The van der Waals surface area contributed by atoms with Crippen LogP contribution in [-0.4, -0.2) is 23.4 Å². The molecule has 1 aliphatic rings. The summed E-state index contributed by atoms with van der Waals surface area (Å²) < 4.78 is 0. The molecule has 0 saturated carbocycles. The predicted molar refractivity (Wildman–Crippen MR) is 76.8 cm³/mol. The van der Waals surface area contributed by atoms with Gasteiger partial charge in [0.25, 0.3) is 0 Å². The molecule has 1 aliphatic carbocycles. The fourth-order valence-electron chi connectivity index (χ4n) is 2.46. The first-order valence-corrected chi connectivity index (χ1v) is 6.37. The molecule has 0 aliphatic heterocycles. The number of hydrogen-bond acceptors (Lipinski definition) is 4. The third-order valence-corrected chi connectivity index (χ3v) is 3.59. The lowest BCUT2D eigenvalue weighted by molar-refractivity contribution is 0.0973. The van der Waals surface area contributed by atoms with Crippen LogP contribution in [0.2, 0.25) is 0 Å². The van der Waals surface area contributed by atoms with E-state index in [1.165, 1.54) is 36.4 Å². The number of carbonyl (C=O) groups is 4. The van der Waals surface area contributed by atoms with Crippen LogP contribution in [0.1, 0.15) is 52.6 Å². The lowest BCUT2D eigenvalue weighted by Crippen LogP contribution is -2.23. The van der Waals surface area contributed by atoms with Crippen LogP contribution in [0.25, 0.3) is 0 Å². The third-order valence-electron chi connectivity index (χ3n) is 3.59. The van der Waals surface area contributed by atoms with Crippen molar-refractivity contribution in [2.75, 3.05) is 0 Å². The Labute approximate surface area is 124 Å². The van der Waals surface area contributed by atoms with Gasteiger partial charge in [0.05, 0.1) is 0 Å². The van der Waals surface area contributed by atoms with E-state index >= 15 is 0 Å². The first-order chi connectivity index (χ1) is 10.4. The Morgan fingerprint density at radius 1 is 0.636 bits per heavy atom. The van der Waals surface area contributed by atoms with Crippen molar-refractivity contribution in [2.45, 2.75) is 0 Å². The quantitative estimate of drug-likeness (QED) is 0.721. The second-order valence-electron chi connectivity index (χ2n) is 4.91. The summed E-state index contributed by atoms with van der Waals surface area (Å²) in [5.41, 5.74) is 11.3. The molecule has 2 amide bonds. The summed E-state index contributed by atoms with van der Waals surface area (Å²) in [5, 5.41) is 0. The van der Waals surface area contributed by atoms with Gasteiger partial charge in [-0.2, -0.15) is 0 Å². The molecule has 4 N–H and O–H groups in total. The van der Waals surface area contributed by atoms with E-state index in [0.717, 1.165) is 0 Å². The Kier molecular flexibility index (Phi) is 2.88. The Morgan fingerprint density at radius 2 is 1.00 bits per heavy atom. The van der Waals surface area contributed by atoms with Gasteiger partial charge in [0, 0.05) is 33.4 Å². The Bertz CT molecular complexity index is 810. The normalized spacial score (nSPS) is 12.5. The molecule has 0 spiro atoms. The maximum atomic E-state index is 12.5. The van der Waals surface area contributed by atoms with E-state index in [0.29, 0.717) is 0 Å².